The standard InChI is InChI=1S/C12H13FN2O2/c1-4-10(8(2)3)14-11-7-9(13)5-6-12(11)15(16)17/h1,5-8,10,14H,2-3H3. The van der Waals surface area contributed by atoms with E-state index in [1.165, 1.54) is 0 Å². The van der Waals surface area contributed by atoms with E-state index < -0.39 is 10.7 Å². The predicted octanol–water partition coefficient (Wildman–Crippen LogP) is 2.80. The van der Waals surface area contributed by atoms with Crippen molar-refractivity contribution < 1.29 is 9.31 Å². The number of anilines is 1. The molecule has 0 fully saturated rings. The van der Waals surface area contributed by atoms with Gasteiger partial charge in [-0.1, -0.05) is 19.8 Å². The zero-order chi connectivity index (χ0) is 13.0. The molecule has 17 heavy (non-hydrogen) atoms. The second-order valence-corrected chi connectivity index (χ2v) is 3.95. The van der Waals surface area contributed by atoms with E-state index in [0.717, 1.165) is 18.2 Å². The van der Waals surface area contributed by atoms with Crippen molar-refractivity contribution in [2.45, 2.75) is 19.9 Å². The molecule has 0 saturated heterocycles. The Bertz CT molecular complexity index is 466. The predicted molar refractivity (Wildman–Crippen MR) is 64.1 cm³/mol. The van der Waals surface area contributed by atoms with E-state index in [0.29, 0.717) is 0 Å². The third-order valence-electron chi connectivity index (χ3n) is 2.31. The van der Waals surface area contributed by atoms with Crippen LogP contribution in [-0.2, 0) is 0 Å². The molecule has 1 N–H and O–H groups in total. The molecule has 0 radical (unpaired) electrons. The molecule has 0 heterocycles. The molecule has 4 nitrogen and oxygen atoms in total. The Hall–Kier alpha value is -2.09. The van der Waals surface area contributed by atoms with Crippen LogP contribution in [0.15, 0.2) is 18.2 Å². The number of nitrogens with one attached hydrogen (secondary N) is 1. The highest BCUT2D eigenvalue weighted by molar-refractivity contribution is 5.62. The quantitative estimate of drug-likeness (QED) is 0.497. The first kappa shape index (κ1) is 13.0. The average molecular weight is 236 g/mol. The van der Waals surface area contributed by atoms with Crippen LogP contribution in [0.4, 0.5) is 15.8 Å². The summed E-state index contributed by atoms with van der Waals surface area (Å²) >= 11 is 0. The minimum atomic E-state index is -0.574. The largest absolute Gasteiger partial charge is 0.366 e. The van der Waals surface area contributed by atoms with Gasteiger partial charge >= 0.3 is 0 Å². The van der Waals surface area contributed by atoms with Crippen molar-refractivity contribution >= 4 is 11.4 Å². The molecular weight excluding hydrogens is 223 g/mol. The van der Waals surface area contributed by atoms with Crippen molar-refractivity contribution in [3.8, 4) is 12.3 Å². The van der Waals surface area contributed by atoms with E-state index >= 15 is 0 Å². The minimum Gasteiger partial charge on any atom is -0.366 e. The molecule has 0 aliphatic rings. The monoisotopic (exact) mass is 236 g/mol. The van der Waals surface area contributed by atoms with Crippen molar-refractivity contribution in [3.05, 3.63) is 34.1 Å². The highest BCUT2D eigenvalue weighted by Crippen LogP contribution is 2.26. The van der Waals surface area contributed by atoms with E-state index in [-0.39, 0.29) is 23.3 Å². The van der Waals surface area contributed by atoms with Gasteiger partial charge in [-0.15, -0.1) is 6.42 Å². The number of hydrogen-bond acceptors (Lipinski definition) is 3. The molecule has 0 amide bonds. The first-order valence-electron chi connectivity index (χ1n) is 5.12. The summed E-state index contributed by atoms with van der Waals surface area (Å²) in [5.74, 6) is 2.02. The molecule has 0 aliphatic heterocycles. The van der Waals surface area contributed by atoms with Crippen molar-refractivity contribution in [2.75, 3.05) is 5.32 Å². The minimum absolute atomic E-state index is 0.0860. The second-order valence-electron chi connectivity index (χ2n) is 3.95. The van der Waals surface area contributed by atoms with E-state index in [1.54, 1.807) is 0 Å². The van der Waals surface area contributed by atoms with Crippen molar-refractivity contribution in [3.63, 3.8) is 0 Å². The number of halogens is 1. The van der Waals surface area contributed by atoms with Crippen LogP contribution in [0.25, 0.3) is 0 Å². The first-order valence-corrected chi connectivity index (χ1v) is 5.12. The smallest absolute Gasteiger partial charge is 0.292 e. The van der Waals surface area contributed by atoms with E-state index in [4.69, 9.17) is 6.42 Å². The molecule has 90 valence electrons. The molecule has 1 atom stereocenters. The fraction of sp³-hybridized carbons (Fsp3) is 0.333. The highest BCUT2D eigenvalue weighted by atomic mass is 19.1. The Morgan fingerprint density at radius 1 is 1.53 bits per heavy atom. The van der Waals surface area contributed by atoms with Crippen LogP contribution in [0.1, 0.15) is 13.8 Å². The SMILES string of the molecule is C#CC(Nc1cc(F)ccc1[N+](=O)[O-])C(C)C. The Balaban J connectivity index is 3.08. The van der Waals surface area contributed by atoms with E-state index in [1.807, 2.05) is 13.8 Å². The number of hydrogen-bond donors (Lipinski definition) is 1. The molecule has 5 heteroatoms. The number of terminal acetylenes is 1. The van der Waals surface area contributed by atoms with Crippen molar-refractivity contribution in [2.24, 2.45) is 5.92 Å². The normalized spacial score (nSPS) is 11.9. The molecule has 0 saturated carbocycles. The van der Waals surface area contributed by atoms with Crippen molar-refractivity contribution in [1.82, 2.24) is 0 Å². The van der Waals surface area contributed by atoms with Gasteiger partial charge in [0.1, 0.15) is 11.5 Å². The summed E-state index contributed by atoms with van der Waals surface area (Å²) < 4.78 is 13.1. The molecule has 0 aliphatic carbocycles. The maximum Gasteiger partial charge on any atom is 0.292 e. The van der Waals surface area contributed by atoms with Gasteiger partial charge in [-0.2, -0.15) is 0 Å². The summed E-state index contributed by atoms with van der Waals surface area (Å²) in [6, 6.07) is 2.86. The van der Waals surface area contributed by atoms with Gasteiger partial charge in [0, 0.05) is 12.1 Å². The Kier molecular flexibility index (Phi) is 4.05. The van der Waals surface area contributed by atoms with Crippen LogP contribution in [0.2, 0.25) is 0 Å². The average Bonchev–Trinajstić information content (AvgIpc) is 2.25. The lowest BCUT2D eigenvalue weighted by molar-refractivity contribution is -0.384. The number of benzene rings is 1. The fourth-order valence-electron chi connectivity index (χ4n) is 1.35. The second kappa shape index (κ2) is 5.30. The van der Waals surface area contributed by atoms with Gasteiger partial charge < -0.3 is 5.32 Å². The van der Waals surface area contributed by atoms with E-state index in [9.17, 15) is 14.5 Å². The molecule has 0 aromatic heterocycles. The molecule has 0 bridgehead atoms. The van der Waals surface area contributed by atoms with Crippen LogP contribution in [0.3, 0.4) is 0 Å². The van der Waals surface area contributed by atoms with Crippen LogP contribution in [-0.4, -0.2) is 11.0 Å². The lowest BCUT2D eigenvalue weighted by Gasteiger charge is -2.17. The molecular formula is C12H13FN2O2. The molecule has 1 unspecified atom stereocenters. The Morgan fingerprint density at radius 3 is 2.65 bits per heavy atom. The highest BCUT2D eigenvalue weighted by Gasteiger charge is 2.18. The van der Waals surface area contributed by atoms with Gasteiger partial charge in [-0.25, -0.2) is 4.39 Å². The molecule has 0 spiro atoms. The summed E-state index contributed by atoms with van der Waals surface area (Å²) in [5, 5.41) is 13.6. The maximum absolute atomic E-state index is 13.1. The third kappa shape index (κ3) is 3.18. The zero-order valence-electron chi connectivity index (χ0n) is 9.61. The first-order chi connectivity index (χ1) is 7.95. The summed E-state index contributed by atoms with van der Waals surface area (Å²) in [5.41, 5.74) is -0.0843. The maximum atomic E-state index is 13.1. The van der Waals surface area contributed by atoms with Crippen LogP contribution >= 0.6 is 0 Å². The molecule has 1 aromatic rings. The van der Waals surface area contributed by atoms with Crippen LogP contribution in [0.5, 0.6) is 0 Å². The lowest BCUT2D eigenvalue weighted by Crippen LogP contribution is -2.24. The van der Waals surface area contributed by atoms with Crippen LogP contribution in [0, 0.1) is 34.2 Å². The summed E-state index contributed by atoms with van der Waals surface area (Å²) in [6.07, 6.45) is 5.31. The zero-order valence-corrected chi connectivity index (χ0v) is 9.61. The van der Waals surface area contributed by atoms with Gasteiger partial charge in [0.25, 0.3) is 5.69 Å². The molecule has 1 rings (SSSR count). The lowest BCUT2D eigenvalue weighted by atomic mass is 10.0. The molecule has 1 aromatic carbocycles. The number of nitro benzene ring substituents is 1. The Labute approximate surface area is 99.0 Å². The summed E-state index contributed by atoms with van der Waals surface area (Å²) in [7, 11) is 0. The number of rotatable bonds is 4. The van der Waals surface area contributed by atoms with Crippen molar-refractivity contribution in [1.29, 1.82) is 0 Å². The van der Waals surface area contributed by atoms with Crippen LogP contribution < -0.4 is 5.32 Å². The fourth-order valence-corrected chi connectivity index (χ4v) is 1.35. The van der Waals surface area contributed by atoms with Gasteiger partial charge in [-0.3, -0.25) is 10.1 Å². The van der Waals surface area contributed by atoms with Gasteiger partial charge in [0.05, 0.1) is 11.0 Å². The van der Waals surface area contributed by atoms with Gasteiger partial charge in [0.2, 0.25) is 0 Å². The van der Waals surface area contributed by atoms with Gasteiger partial charge in [0.15, 0.2) is 0 Å². The number of nitrogens with zero attached hydrogens (tertiary/aromatic N) is 1. The third-order valence-corrected chi connectivity index (χ3v) is 2.31. The van der Waals surface area contributed by atoms with E-state index in [2.05, 4.69) is 11.2 Å². The Morgan fingerprint density at radius 2 is 2.18 bits per heavy atom. The summed E-state index contributed by atoms with van der Waals surface area (Å²) in [6.45, 7) is 3.76. The van der Waals surface area contributed by atoms with Gasteiger partial charge in [-0.05, 0) is 12.0 Å². The topological polar surface area (TPSA) is 55.2 Å². The summed E-state index contributed by atoms with van der Waals surface area (Å²) in [4.78, 5) is 10.2. The number of nitro groups is 1.